The third kappa shape index (κ3) is 4.92. The molecule has 6 nitrogen and oxygen atoms in total. The fraction of sp³-hybridized carbons (Fsp3) is 0.250. The molecule has 1 aliphatic rings. The van der Waals surface area contributed by atoms with Crippen LogP contribution in [0.1, 0.15) is 35.2 Å². The second-order valence-corrected chi connectivity index (χ2v) is 6.39. The lowest BCUT2D eigenvalue weighted by molar-refractivity contribution is -0.137. The summed E-state index contributed by atoms with van der Waals surface area (Å²) in [6.45, 7) is 0. The molecule has 0 aromatic heterocycles. The molecule has 0 atom stereocenters. The lowest BCUT2D eigenvalue weighted by atomic mass is 10.1. The number of hydrogen-bond acceptors (Lipinski definition) is 3. The Kier molecular flexibility index (Phi) is 5.31. The quantitative estimate of drug-likeness (QED) is 0.712. The first-order valence-corrected chi connectivity index (χ1v) is 8.54. The SMILES string of the molecule is O=C(O)CCc1ccc(NC(=O)c2ccc(NC(=O)C3CC3)cc2)cc1. The Morgan fingerprint density at radius 3 is 2.04 bits per heavy atom. The van der Waals surface area contributed by atoms with Crippen LogP contribution in [-0.4, -0.2) is 22.9 Å². The van der Waals surface area contributed by atoms with Crippen LogP contribution in [0.5, 0.6) is 0 Å². The first-order valence-electron chi connectivity index (χ1n) is 8.54. The Balaban J connectivity index is 1.55. The van der Waals surface area contributed by atoms with Gasteiger partial charge in [-0.1, -0.05) is 12.1 Å². The van der Waals surface area contributed by atoms with Gasteiger partial charge in [0.1, 0.15) is 0 Å². The lowest BCUT2D eigenvalue weighted by Crippen LogP contribution is -2.14. The molecule has 0 radical (unpaired) electrons. The van der Waals surface area contributed by atoms with Gasteiger partial charge in [-0.25, -0.2) is 0 Å². The largest absolute Gasteiger partial charge is 0.481 e. The summed E-state index contributed by atoms with van der Waals surface area (Å²) in [5.74, 6) is -0.913. The summed E-state index contributed by atoms with van der Waals surface area (Å²) in [7, 11) is 0. The number of carbonyl (C=O) groups excluding carboxylic acids is 2. The topological polar surface area (TPSA) is 95.5 Å². The van der Waals surface area contributed by atoms with Gasteiger partial charge in [0.2, 0.25) is 5.91 Å². The summed E-state index contributed by atoms with van der Waals surface area (Å²) in [5.41, 5.74) is 2.71. The maximum atomic E-state index is 12.3. The van der Waals surface area contributed by atoms with Crippen molar-refractivity contribution in [3.63, 3.8) is 0 Å². The molecule has 26 heavy (non-hydrogen) atoms. The molecule has 0 heterocycles. The van der Waals surface area contributed by atoms with E-state index in [1.54, 1.807) is 48.5 Å². The van der Waals surface area contributed by atoms with Gasteiger partial charge in [0.05, 0.1) is 0 Å². The molecule has 2 aromatic carbocycles. The van der Waals surface area contributed by atoms with Crippen molar-refractivity contribution in [2.24, 2.45) is 5.92 Å². The first kappa shape index (κ1) is 17.7. The number of aryl methyl sites for hydroxylation is 1. The lowest BCUT2D eigenvalue weighted by Gasteiger charge is -2.08. The minimum absolute atomic E-state index is 0.0326. The van der Waals surface area contributed by atoms with E-state index in [-0.39, 0.29) is 24.2 Å². The van der Waals surface area contributed by atoms with Crippen molar-refractivity contribution in [3.8, 4) is 0 Å². The average Bonchev–Trinajstić information content (AvgIpc) is 3.47. The van der Waals surface area contributed by atoms with E-state index in [1.807, 2.05) is 0 Å². The van der Waals surface area contributed by atoms with Crippen molar-refractivity contribution in [2.75, 3.05) is 10.6 Å². The monoisotopic (exact) mass is 352 g/mol. The molecule has 1 fully saturated rings. The van der Waals surface area contributed by atoms with Gasteiger partial charge in [-0.15, -0.1) is 0 Å². The highest BCUT2D eigenvalue weighted by molar-refractivity contribution is 6.04. The normalized spacial score (nSPS) is 13.1. The summed E-state index contributed by atoms with van der Waals surface area (Å²) in [5, 5.41) is 14.3. The predicted octanol–water partition coefficient (Wildman–Crippen LogP) is 3.30. The number of nitrogens with one attached hydrogen (secondary N) is 2. The minimum Gasteiger partial charge on any atom is -0.481 e. The molecular weight excluding hydrogens is 332 g/mol. The zero-order valence-corrected chi connectivity index (χ0v) is 14.2. The standard InChI is InChI=1S/C20H20N2O4/c23-18(24)12-3-13-1-8-16(9-2-13)21-20(26)15-6-10-17(11-7-15)22-19(25)14-4-5-14/h1-2,6-11,14H,3-5,12H2,(H,21,26)(H,22,25)(H,23,24). The fourth-order valence-electron chi connectivity index (χ4n) is 2.50. The summed E-state index contributed by atoms with van der Waals surface area (Å²) >= 11 is 0. The predicted molar refractivity (Wildman–Crippen MR) is 98.1 cm³/mol. The van der Waals surface area contributed by atoms with Gasteiger partial charge in [-0.2, -0.15) is 0 Å². The zero-order chi connectivity index (χ0) is 18.5. The molecule has 1 aliphatic carbocycles. The Hall–Kier alpha value is -3.15. The Morgan fingerprint density at radius 1 is 0.885 bits per heavy atom. The fourth-order valence-corrected chi connectivity index (χ4v) is 2.50. The molecule has 0 bridgehead atoms. The molecule has 3 N–H and O–H groups in total. The van der Waals surface area contributed by atoms with Crippen LogP contribution in [0.3, 0.4) is 0 Å². The van der Waals surface area contributed by atoms with Crippen LogP contribution in [0.2, 0.25) is 0 Å². The number of carboxylic acids is 1. The number of carbonyl (C=O) groups is 3. The molecule has 3 rings (SSSR count). The zero-order valence-electron chi connectivity index (χ0n) is 14.2. The van der Waals surface area contributed by atoms with Crippen LogP contribution in [0.4, 0.5) is 11.4 Å². The van der Waals surface area contributed by atoms with Crippen LogP contribution >= 0.6 is 0 Å². The molecule has 0 unspecified atom stereocenters. The Labute approximate surface area is 151 Å². The van der Waals surface area contributed by atoms with Gasteiger partial charge in [-0.3, -0.25) is 14.4 Å². The summed E-state index contributed by atoms with van der Waals surface area (Å²) in [4.78, 5) is 34.6. The van der Waals surface area contributed by atoms with Gasteiger partial charge in [0.25, 0.3) is 5.91 Å². The van der Waals surface area contributed by atoms with Crippen LogP contribution in [-0.2, 0) is 16.0 Å². The van der Waals surface area contributed by atoms with Crippen molar-refractivity contribution in [3.05, 3.63) is 59.7 Å². The van der Waals surface area contributed by atoms with Crippen molar-refractivity contribution in [2.45, 2.75) is 25.7 Å². The summed E-state index contributed by atoms with van der Waals surface area (Å²) < 4.78 is 0. The van der Waals surface area contributed by atoms with E-state index in [4.69, 9.17) is 5.11 Å². The van der Waals surface area contributed by atoms with Crippen molar-refractivity contribution in [1.82, 2.24) is 0 Å². The maximum absolute atomic E-state index is 12.3. The molecule has 0 spiro atoms. The second-order valence-electron chi connectivity index (χ2n) is 6.39. The van der Waals surface area contributed by atoms with E-state index in [1.165, 1.54) is 0 Å². The van der Waals surface area contributed by atoms with Gasteiger partial charge in [-0.05, 0) is 61.2 Å². The smallest absolute Gasteiger partial charge is 0.303 e. The van der Waals surface area contributed by atoms with Gasteiger partial charge in [0, 0.05) is 29.3 Å². The molecular formula is C20H20N2O4. The third-order valence-corrected chi connectivity index (χ3v) is 4.20. The summed E-state index contributed by atoms with van der Waals surface area (Å²) in [6.07, 6.45) is 2.43. The highest BCUT2D eigenvalue weighted by atomic mass is 16.4. The summed E-state index contributed by atoms with van der Waals surface area (Å²) in [6, 6.07) is 13.9. The van der Waals surface area contributed by atoms with Crippen LogP contribution < -0.4 is 10.6 Å². The van der Waals surface area contributed by atoms with E-state index in [0.717, 1.165) is 18.4 Å². The Bertz CT molecular complexity index is 809. The van der Waals surface area contributed by atoms with E-state index < -0.39 is 5.97 Å². The number of carboxylic acid groups (broad SMARTS) is 1. The Morgan fingerprint density at radius 2 is 1.46 bits per heavy atom. The maximum Gasteiger partial charge on any atom is 0.303 e. The molecule has 1 saturated carbocycles. The van der Waals surface area contributed by atoms with Crippen molar-refractivity contribution in [1.29, 1.82) is 0 Å². The number of aliphatic carboxylic acids is 1. The number of amides is 2. The number of hydrogen-bond donors (Lipinski definition) is 3. The highest BCUT2D eigenvalue weighted by Crippen LogP contribution is 2.30. The third-order valence-electron chi connectivity index (χ3n) is 4.20. The molecule has 2 amide bonds. The minimum atomic E-state index is -0.834. The van der Waals surface area contributed by atoms with E-state index in [2.05, 4.69) is 10.6 Å². The number of rotatable bonds is 7. The van der Waals surface area contributed by atoms with Gasteiger partial charge < -0.3 is 15.7 Å². The molecule has 6 heteroatoms. The van der Waals surface area contributed by atoms with Gasteiger partial charge in [0.15, 0.2) is 0 Å². The van der Waals surface area contributed by atoms with Crippen LogP contribution in [0.15, 0.2) is 48.5 Å². The van der Waals surface area contributed by atoms with Crippen LogP contribution in [0, 0.1) is 5.92 Å². The molecule has 134 valence electrons. The number of benzene rings is 2. The van der Waals surface area contributed by atoms with Crippen molar-refractivity contribution < 1.29 is 19.5 Å². The van der Waals surface area contributed by atoms with E-state index in [9.17, 15) is 14.4 Å². The van der Waals surface area contributed by atoms with Crippen LogP contribution in [0.25, 0.3) is 0 Å². The van der Waals surface area contributed by atoms with E-state index >= 15 is 0 Å². The van der Waals surface area contributed by atoms with Crippen molar-refractivity contribution >= 4 is 29.2 Å². The molecule has 0 aliphatic heterocycles. The second kappa shape index (κ2) is 7.82. The number of anilines is 2. The highest BCUT2D eigenvalue weighted by Gasteiger charge is 2.29. The van der Waals surface area contributed by atoms with Gasteiger partial charge >= 0.3 is 5.97 Å². The molecule has 0 saturated heterocycles. The first-order chi connectivity index (χ1) is 12.5. The van der Waals surface area contributed by atoms with E-state index in [0.29, 0.717) is 23.4 Å². The average molecular weight is 352 g/mol. The molecule has 2 aromatic rings.